The molecule has 0 radical (unpaired) electrons. The molecule has 9 aromatic heterocycles. The summed E-state index contributed by atoms with van der Waals surface area (Å²) in [4.78, 5) is 97.0. The van der Waals surface area contributed by atoms with Crippen LogP contribution >= 0.6 is 0 Å². The van der Waals surface area contributed by atoms with Gasteiger partial charge in [-0.2, -0.15) is 0 Å². The molecule has 0 amide bonds. The van der Waals surface area contributed by atoms with Gasteiger partial charge >= 0.3 is 49.5 Å². The van der Waals surface area contributed by atoms with Gasteiger partial charge in [0.1, 0.15) is 0 Å². The van der Waals surface area contributed by atoms with Gasteiger partial charge in [0.15, 0.2) is 0 Å². The molecule has 9 heterocycles. The van der Waals surface area contributed by atoms with Crippen LogP contribution in [0.25, 0.3) is 65.4 Å². The number of rotatable bonds is 6. The van der Waals surface area contributed by atoms with Crippen molar-refractivity contribution < 1.29 is 142 Å². The number of aromatic carboxylic acids is 6. The van der Waals surface area contributed by atoms with Gasteiger partial charge in [0.2, 0.25) is 0 Å². The molecule has 0 atom stereocenters. The quantitative estimate of drug-likeness (QED) is 0.0886. The van der Waals surface area contributed by atoms with Crippen LogP contribution in [0.3, 0.4) is 0 Å². The topological polar surface area (TPSA) is 550 Å². The average Bonchev–Trinajstić information content (AvgIpc) is 2.67. The minimum atomic E-state index is -1.52. The normalized spacial score (nSPS) is 9.10. The Morgan fingerprint density at radius 1 is 0.230 bits per heavy atom. The van der Waals surface area contributed by atoms with Gasteiger partial charge in [0.05, 0.1) is 103 Å². The standard InChI is InChI=1S/3C12H8N2.3C7H5NO4.3Ni.6H2O/c3*1-3-9-5-6-10-4-2-8-14-12(10)11(9)13-7-1;3*9-6(10)4-2-1-3-5(8-4)7(11)12;;;;;;;;;/h3*1-8H;3*1-3H,(H,9,10)(H,11,12);;;;6*1H2/q;;;;;;3*+2;;;;;;/p-3. The molecule has 0 saturated carbocycles. The molecule has 0 saturated heterocycles. The molecule has 0 aliphatic rings. The Kier molecular flexibility index (Phi) is 36.5. The predicted molar refractivity (Wildman–Crippen MR) is 295 cm³/mol. The molecule has 12 rings (SSSR count). The Morgan fingerprint density at radius 3 is 0.494 bits per heavy atom. The van der Waals surface area contributed by atoms with Crippen molar-refractivity contribution in [2.24, 2.45) is 0 Å². The van der Waals surface area contributed by atoms with E-state index in [0.717, 1.165) is 102 Å². The van der Waals surface area contributed by atoms with Gasteiger partial charge in [-0.25, -0.2) is 15.0 Å². The van der Waals surface area contributed by atoms with Crippen molar-refractivity contribution in [2.45, 2.75) is 0 Å². The third kappa shape index (κ3) is 22.0. The number of carbonyl (C=O) groups excluding carboxylic acids is 6. The molecule has 0 aliphatic carbocycles. The first-order valence-electron chi connectivity index (χ1n) is 22.6. The molecule has 0 aliphatic heterocycles. The van der Waals surface area contributed by atoms with E-state index >= 15 is 0 Å². The van der Waals surface area contributed by atoms with E-state index in [4.69, 9.17) is 0 Å². The third-order valence-electron chi connectivity index (χ3n) is 10.5. The summed E-state index contributed by atoms with van der Waals surface area (Å²) < 4.78 is 0. The minimum absolute atomic E-state index is 0. The molecule has 0 bridgehead atoms. The van der Waals surface area contributed by atoms with Crippen LogP contribution in [-0.4, -0.2) is 97.1 Å². The van der Waals surface area contributed by atoms with E-state index in [1.807, 2.05) is 36.4 Å². The number of carbonyl (C=O) groups is 6. The second-order valence-corrected chi connectivity index (χ2v) is 15.6. The van der Waals surface area contributed by atoms with Gasteiger partial charge in [-0.15, -0.1) is 0 Å². The van der Waals surface area contributed by atoms with Gasteiger partial charge in [-0.3, -0.25) is 29.9 Å². The van der Waals surface area contributed by atoms with E-state index < -0.39 is 70.0 Å². The Morgan fingerprint density at radius 2 is 0.368 bits per heavy atom. The first-order valence-corrected chi connectivity index (χ1v) is 22.6. The van der Waals surface area contributed by atoms with Crippen molar-refractivity contribution in [3.05, 3.63) is 235 Å². The van der Waals surface area contributed by atoms with E-state index in [1.165, 1.54) is 18.2 Å². The Balaban J connectivity index is -0.000000956. The van der Waals surface area contributed by atoms with Crippen LogP contribution in [0, 0.1) is 0 Å². The summed E-state index contributed by atoms with van der Waals surface area (Å²) in [5.41, 5.74) is 3.35. The number of hydrogen-bond acceptors (Lipinski definition) is 21. The fourth-order valence-corrected chi connectivity index (χ4v) is 7.03. The van der Waals surface area contributed by atoms with E-state index in [0.29, 0.717) is 0 Å². The molecular formula is C57H48N9Ni3O18+3. The van der Waals surface area contributed by atoms with Crippen molar-refractivity contribution in [1.82, 2.24) is 44.9 Å². The maximum absolute atomic E-state index is 10.2. The van der Waals surface area contributed by atoms with Gasteiger partial charge < -0.3 is 92.3 Å². The summed E-state index contributed by atoms with van der Waals surface area (Å²) in [5.74, 6) is -9.09. The van der Waals surface area contributed by atoms with Crippen molar-refractivity contribution in [3.8, 4) is 0 Å². The second-order valence-electron chi connectivity index (χ2n) is 15.6. The molecule has 15 N–H and O–H groups in total. The Bertz CT molecular complexity index is 3540. The molecule has 12 aromatic rings. The number of pyridine rings is 9. The average molecular weight is 1320 g/mol. The number of hydrogen-bond donors (Lipinski definition) is 0. The third-order valence-corrected chi connectivity index (χ3v) is 10.5. The second kappa shape index (κ2) is 39.2. The molecule has 27 nitrogen and oxygen atoms in total. The number of aromatic nitrogens is 9. The fraction of sp³-hybridized carbons (Fsp3) is 0. The number of carboxylic acid groups (broad SMARTS) is 6. The summed E-state index contributed by atoms with van der Waals surface area (Å²) >= 11 is 0. The van der Waals surface area contributed by atoms with Crippen molar-refractivity contribution in [3.63, 3.8) is 0 Å². The zero-order chi connectivity index (χ0) is 55.6. The number of nitrogens with zero attached hydrogens (tertiary/aromatic N) is 9. The molecule has 30 heteroatoms. The van der Waals surface area contributed by atoms with Crippen LogP contribution in [0.4, 0.5) is 0 Å². The molecular weight excluding hydrogens is 1270 g/mol. The molecule has 87 heavy (non-hydrogen) atoms. The first-order chi connectivity index (χ1) is 37.7. The largest absolute Gasteiger partial charge is 2.00 e. The van der Waals surface area contributed by atoms with Crippen LogP contribution in [0.1, 0.15) is 62.9 Å². The number of fused-ring (bicyclic) bond motifs is 9. The van der Waals surface area contributed by atoms with Crippen LogP contribution < -0.4 is 30.6 Å². The smallest absolute Gasteiger partial charge is 0.543 e. The van der Waals surface area contributed by atoms with E-state index in [2.05, 4.69) is 118 Å². The first kappa shape index (κ1) is 80.9. The van der Waals surface area contributed by atoms with E-state index in [-0.39, 0.29) is 82.3 Å². The summed E-state index contributed by atoms with van der Waals surface area (Å²) in [6, 6.07) is 47.0. The van der Waals surface area contributed by atoms with Gasteiger partial charge in [-0.05, 0) is 72.8 Å². The van der Waals surface area contributed by atoms with E-state index in [1.54, 1.807) is 37.2 Å². The monoisotopic (exact) mass is 1320 g/mol. The predicted octanol–water partition coefficient (Wildman–Crippen LogP) is -3.47. The summed E-state index contributed by atoms with van der Waals surface area (Å²) in [6.45, 7) is 0. The number of benzene rings is 3. The van der Waals surface area contributed by atoms with Crippen LogP contribution in [0.5, 0.6) is 0 Å². The molecule has 0 fully saturated rings. The Labute approximate surface area is 520 Å². The van der Waals surface area contributed by atoms with Crippen molar-refractivity contribution >= 4 is 101 Å². The molecule has 456 valence electrons. The van der Waals surface area contributed by atoms with E-state index in [9.17, 15) is 59.4 Å². The molecule has 0 unspecified atom stereocenters. The van der Waals surface area contributed by atoms with Gasteiger partial charge in [-0.1, -0.05) is 91.0 Å². The molecule has 0 spiro atoms. The summed E-state index contributed by atoms with van der Waals surface area (Å²) in [7, 11) is 0. The SMILES string of the molecule is O.O.O.O=C([O-])c1cccc(C(=O)[O-])n1.O=C([O-])c1cccc(C(=O)[O-])n1.O=C([O-])c1cccc(C(=O)[O-])n1.[Ni+2].[Ni+2].[Ni+2].[OH3+].[OH3+].[OH3+].c1cnc2c(c1)ccc1cccnc12.c1cnc2c(c1)ccc1cccnc12.c1cnc2c(c1)ccc1cccnc12. The van der Waals surface area contributed by atoms with Crippen molar-refractivity contribution in [2.75, 3.05) is 0 Å². The van der Waals surface area contributed by atoms with Crippen molar-refractivity contribution in [1.29, 1.82) is 0 Å². The maximum Gasteiger partial charge on any atom is 2.00 e. The summed E-state index contributed by atoms with van der Waals surface area (Å²) in [6.07, 6.45) is 10.8. The van der Waals surface area contributed by atoms with Gasteiger partial charge in [0, 0.05) is 69.5 Å². The number of carboxylic acids is 6. The van der Waals surface area contributed by atoms with Crippen LogP contribution in [0.15, 0.2) is 201 Å². The summed E-state index contributed by atoms with van der Waals surface area (Å²) in [5, 5.41) is 68.0. The molecule has 3 aromatic carbocycles. The zero-order valence-corrected chi connectivity index (χ0v) is 47.1. The van der Waals surface area contributed by atoms with Gasteiger partial charge in [0.25, 0.3) is 0 Å². The maximum atomic E-state index is 10.2. The zero-order valence-electron chi connectivity index (χ0n) is 44.2. The van der Waals surface area contributed by atoms with Crippen LogP contribution in [0.2, 0.25) is 0 Å². The minimum Gasteiger partial charge on any atom is -0.543 e. The fourth-order valence-electron chi connectivity index (χ4n) is 7.03. The Hall–Kier alpha value is -10.4. The van der Waals surface area contributed by atoms with Crippen LogP contribution in [-0.2, 0) is 65.9 Å².